The molecule has 8 heteroatoms. The zero-order valence-electron chi connectivity index (χ0n) is 10.7. The first-order chi connectivity index (χ1) is 10.0. The average molecular weight is 379 g/mol. The molecular weight excluding hydrogens is 366 g/mol. The predicted octanol–water partition coefficient (Wildman–Crippen LogP) is 1.40. The van der Waals surface area contributed by atoms with Gasteiger partial charge in [0.05, 0.1) is 22.5 Å². The Hall–Kier alpha value is -0.830. The van der Waals surface area contributed by atoms with Gasteiger partial charge in [-0.1, -0.05) is 11.6 Å². The lowest BCUT2D eigenvalue weighted by molar-refractivity contribution is -0.115. The number of aliphatic hydroxyl groups is 3. The molecule has 21 heavy (non-hydrogen) atoms. The maximum Gasteiger partial charge on any atom is 0.229 e. The van der Waals surface area contributed by atoms with Crippen LogP contribution in [0.1, 0.15) is 0 Å². The minimum absolute atomic E-state index is 0.395. The number of nitrogens with one attached hydrogen (secondary N) is 1. The number of hydrogen-bond donors (Lipinski definition) is 4. The summed E-state index contributed by atoms with van der Waals surface area (Å²) in [5.41, 5.74) is 0.768. The predicted molar refractivity (Wildman–Crippen MR) is 79.4 cm³/mol. The number of rotatable bonds is 3. The number of ether oxygens (including phenoxy) is 2. The SMILES string of the molecule is OC[C@H]1O[C@@H](Oc2c[nH]c3ccc(Br)c(Cl)c23)[C@H](O)[C@H]1O. The highest BCUT2D eigenvalue weighted by molar-refractivity contribution is 9.10. The molecule has 0 aliphatic carbocycles. The molecule has 114 valence electrons. The van der Waals surface area contributed by atoms with E-state index in [4.69, 9.17) is 26.2 Å². The summed E-state index contributed by atoms with van der Waals surface area (Å²) in [4.78, 5) is 3.00. The topological polar surface area (TPSA) is 94.9 Å². The normalized spacial score (nSPS) is 29.2. The Balaban J connectivity index is 1.91. The van der Waals surface area contributed by atoms with Crippen LogP contribution in [0.4, 0.5) is 0 Å². The Labute approximate surface area is 133 Å². The van der Waals surface area contributed by atoms with Gasteiger partial charge >= 0.3 is 0 Å². The lowest BCUT2D eigenvalue weighted by Crippen LogP contribution is -2.35. The van der Waals surface area contributed by atoms with Crippen molar-refractivity contribution in [1.82, 2.24) is 4.98 Å². The summed E-state index contributed by atoms with van der Waals surface area (Å²) in [5, 5.41) is 29.8. The van der Waals surface area contributed by atoms with Crippen LogP contribution in [0.2, 0.25) is 5.02 Å². The van der Waals surface area contributed by atoms with Gasteiger partial charge in [-0.2, -0.15) is 0 Å². The summed E-state index contributed by atoms with van der Waals surface area (Å²) in [6.07, 6.45) is -2.81. The van der Waals surface area contributed by atoms with Gasteiger partial charge < -0.3 is 29.8 Å². The van der Waals surface area contributed by atoms with Crippen LogP contribution in [-0.2, 0) is 4.74 Å². The summed E-state index contributed by atoms with van der Waals surface area (Å²) in [5.74, 6) is 0.395. The van der Waals surface area contributed by atoms with E-state index in [1.807, 2.05) is 6.07 Å². The molecule has 1 aromatic heterocycles. The molecule has 4 atom stereocenters. The quantitative estimate of drug-likeness (QED) is 0.648. The Morgan fingerprint density at radius 3 is 2.76 bits per heavy atom. The summed E-state index contributed by atoms with van der Waals surface area (Å²) >= 11 is 9.57. The largest absolute Gasteiger partial charge is 0.460 e. The number of aliphatic hydroxyl groups excluding tert-OH is 3. The van der Waals surface area contributed by atoms with Gasteiger partial charge in [0.1, 0.15) is 24.1 Å². The fourth-order valence-corrected chi connectivity index (χ4v) is 2.90. The first-order valence-corrected chi connectivity index (χ1v) is 7.44. The van der Waals surface area contributed by atoms with Crippen LogP contribution in [0.5, 0.6) is 5.75 Å². The lowest BCUT2D eigenvalue weighted by atomic mass is 10.1. The monoisotopic (exact) mass is 377 g/mol. The van der Waals surface area contributed by atoms with Gasteiger partial charge in [-0.05, 0) is 28.1 Å². The Bertz CT molecular complexity index is 663. The smallest absolute Gasteiger partial charge is 0.229 e. The molecule has 2 heterocycles. The number of fused-ring (bicyclic) bond motifs is 1. The van der Waals surface area contributed by atoms with Crippen LogP contribution in [0.25, 0.3) is 10.9 Å². The molecule has 1 aliphatic heterocycles. The zero-order chi connectivity index (χ0) is 15.1. The van der Waals surface area contributed by atoms with E-state index in [0.717, 1.165) is 5.52 Å². The molecule has 1 saturated heterocycles. The van der Waals surface area contributed by atoms with E-state index in [9.17, 15) is 10.2 Å². The molecule has 0 radical (unpaired) electrons. The molecule has 3 rings (SSSR count). The number of H-pyrrole nitrogens is 1. The van der Waals surface area contributed by atoms with E-state index in [1.54, 1.807) is 12.3 Å². The van der Waals surface area contributed by atoms with Crippen molar-refractivity contribution in [2.24, 2.45) is 0 Å². The molecule has 1 aromatic carbocycles. The third-order valence-corrected chi connectivity index (χ3v) is 4.72. The standard InChI is InChI=1S/C13H13BrClNO5/c14-5-1-2-6-9(10(5)15)7(3-16-6)20-13-12(19)11(18)8(4-17)21-13/h1-3,8,11-13,16-19H,4H2/t8-,11+,12-,13-/m1/s1. The van der Waals surface area contributed by atoms with E-state index >= 15 is 0 Å². The van der Waals surface area contributed by atoms with E-state index in [1.165, 1.54) is 0 Å². The van der Waals surface area contributed by atoms with Gasteiger partial charge in [-0.25, -0.2) is 0 Å². The van der Waals surface area contributed by atoms with Gasteiger partial charge in [0, 0.05) is 10.7 Å². The molecular formula is C13H13BrClNO5. The number of aromatic nitrogens is 1. The van der Waals surface area contributed by atoms with E-state index in [0.29, 0.717) is 20.6 Å². The van der Waals surface area contributed by atoms with Gasteiger partial charge in [0.15, 0.2) is 0 Å². The van der Waals surface area contributed by atoms with Crippen molar-refractivity contribution in [2.75, 3.05) is 6.61 Å². The maximum atomic E-state index is 9.89. The highest BCUT2D eigenvalue weighted by Gasteiger charge is 2.44. The second-order valence-electron chi connectivity index (χ2n) is 4.76. The van der Waals surface area contributed by atoms with Crippen molar-refractivity contribution < 1.29 is 24.8 Å². The molecule has 0 saturated carbocycles. The summed E-state index contributed by atoms with van der Waals surface area (Å²) in [6, 6.07) is 3.63. The van der Waals surface area contributed by atoms with E-state index in [2.05, 4.69) is 20.9 Å². The number of halogens is 2. The van der Waals surface area contributed by atoms with Crippen molar-refractivity contribution in [3.05, 3.63) is 27.8 Å². The minimum Gasteiger partial charge on any atom is -0.460 e. The fraction of sp³-hybridized carbons (Fsp3) is 0.385. The van der Waals surface area contributed by atoms with E-state index < -0.39 is 31.2 Å². The maximum absolute atomic E-state index is 9.89. The molecule has 6 nitrogen and oxygen atoms in total. The van der Waals surface area contributed by atoms with Crippen molar-refractivity contribution in [3.8, 4) is 5.75 Å². The molecule has 0 bridgehead atoms. The second kappa shape index (κ2) is 5.75. The zero-order valence-corrected chi connectivity index (χ0v) is 13.0. The van der Waals surface area contributed by atoms with Crippen molar-refractivity contribution in [1.29, 1.82) is 0 Å². The number of benzene rings is 1. The summed E-state index contributed by atoms with van der Waals surface area (Å²) in [7, 11) is 0. The van der Waals surface area contributed by atoms with Crippen molar-refractivity contribution in [3.63, 3.8) is 0 Å². The second-order valence-corrected chi connectivity index (χ2v) is 5.99. The van der Waals surface area contributed by atoms with Gasteiger partial charge in [-0.3, -0.25) is 0 Å². The molecule has 0 spiro atoms. The molecule has 4 N–H and O–H groups in total. The summed E-state index contributed by atoms with van der Waals surface area (Å²) < 4.78 is 11.6. The van der Waals surface area contributed by atoms with Crippen LogP contribution in [0, 0.1) is 0 Å². The molecule has 2 aromatic rings. The fourth-order valence-electron chi connectivity index (χ4n) is 2.31. The Morgan fingerprint density at radius 2 is 2.10 bits per heavy atom. The Morgan fingerprint density at radius 1 is 1.33 bits per heavy atom. The van der Waals surface area contributed by atoms with Crippen LogP contribution < -0.4 is 4.74 Å². The van der Waals surface area contributed by atoms with Crippen LogP contribution in [-0.4, -0.2) is 51.5 Å². The molecule has 1 aliphatic rings. The average Bonchev–Trinajstić information content (AvgIpc) is 3.00. The van der Waals surface area contributed by atoms with Gasteiger partial charge in [0.25, 0.3) is 0 Å². The number of hydrogen-bond acceptors (Lipinski definition) is 5. The number of aromatic amines is 1. The first kappa shape index (κ1) is 15.1. The summed E-state index contributed by atoms with van der Waals surface area (Å²) in [6.45, 7) is -0.404. The Kier molecular flexibility index (Phi) is 4.13. The van der Waals surface area contributed by atoms with Crippen LogP contribution in [0.15, 0.2) is 22.8 Å². The minimum atomic E-state index is -1.25. The molecule has 1 fully saturated rings. The lowest BCUT2D eigenvalue weighted by Gasteiger charge is -2.16. The van der Waals surface area contributed by atoms with E-state index in [-0.39, 0.29) is 0 Å². The molecule has 0 unspecified atom stereocenters. The molecule has 0 amide bonds. The third-order valence-electron chi connectivity index (χ3n) is 3.44. The third kappa shape index (κ3) is 2.54. The highest BCUT2D eigenvalue weighted by Crippen LogP contribution is 2.38. The van der Waals surface area contributed by atoms with Crippen molar-refractivity contribution in [2.45, 2.75) is 24.6 Å². The van der Waals surface area contributed by atoms with Gasteiger partial charge in [0.2, 0.25) is 6.29 Å². The van der Waals surface area contributed by atoms with Crippen LogP contribution >= 0.6 is 27.5 Å². The highest BCUT2D eigenvalue weighted by atomic mass is 79.9. The van der Waals surface area contributed by atoms with Crippen LogP contribution in [0.3, 0.4) is 0 Å². The van der Waals surface area contributed by atoms with Crippen molar-refractivity contribution >= 4 is 38.4 Å². The van der Waals surface area contributed by atoms with Gasteiger partial charge in [-0.15, -0.1) is 0 Å². The first-order valence-electron chi connectivity index (χ1n) is 6.27.